The van der Waals surface area contributed by atoms with Crippen molar-refractivity contribution in [2.24, 2.45) is 0 Å². The number of benzene rings is 2. The highest BCUT2D eigenvalue weighted by atomic mass is 16.3. The molecule has 1 atom stereocenters. The van der Waals surface area contributed by atoms with E-state index in [0.29, 0.717) is 6.42 Å². The predicted molar refractivity (Wildman–Crippen MR) is 75.5 cm³/mol. The molecule has 0 aromatic heterocycles. The summed E-state index contributed by atoms with van der Waals surface area (Å²) in [6.45, 7) is -0.0171. The largest absolute Gasteiger partial charge is 0.396 e. The molecule has 0 saturated carbocycles. The van der Waals surface area contributed by atoms with Gasteiger partial charge in [0.05, 0.1) is 6.10 Å². The minimum Gasteiger partial charge on any atom is -0.396 e. The van der Waals surface area contributed by atoms with Gasteiger partial charge in [-0.2, -0.15) is 0 Å². The topological polar surface area (TPSA) is 40.5 Å². The third-order valence-corrected chi connectivity index (χ3v) is 2.82. The van der Waals surface area contributed by atoms with Crippen molar-refractivity contribution in [2.45, 2.75) is 12.5 Å². The van der Waals surface area contributed by atoms with Crippen molar-refractivity contribution in [3.63, 3.8) is 0 Å². The molecule has 2 heteroatoms. The lowest BCUT2D eigenvalue weighted by molar-refractivity contribution is 0.134. The van der Waals surface area contributed by atoms with Gasteiger partial charge in [-0.05, 0) is 29.8 Å². The summed E-state index contributed by atoms with van der Waals surface area (Å²) in [5.41, 5.74) is 2.69. The Morgan fingerprint density at radius 2 is 1.42 bits per heavy atom. The van der Waals surface area contributed by atoms with Gasteiger partial charge in [0.15, 0.2) is 0 Å². The van der Waals surface area contributed by atoms with E-state index in [2.05, 4.69) is 11.8 Å². The molecule has 0 aliphatic rings. The van der Waals surface area contributed by atoms with Crippen LogP contribution in [0.15, 0.2) is 54.6 Å². The van der Waals surface area contributed by atoms with Crippen LogP contribution in [0.4, 0.5) is 0 Å². The average molecular weight is 252 g/mol. The maximum atomic E-state index is 9.72. The maximum Gasteiger partial charge on any atom is 0.0811 e. The fraction of sp³-hybridized carbons (Fsp3) is 0.176. The molecule has 0 aliphatic carbocycles. The van der Waals surface area contributed by atoms with Gasteiger partial charge in [0.2, 0.25) is 0 Å². The number of aliphatic hydroxyl groups is 2. The molecule has 96 valence electrons. The third-order valence-electron chi connectivity index (χ3n) is 2.82. The first kappa shape index (κ1) is 13.4. The number of hydrogen-bond acceptors (Lipinski definition) is 2. The van der Waals surface area contributed by atoms with Crippen molar-refractivity contribution in [1.29, 1.82) is 0 Å². The Morgan fingerprint density at radius 3 is 2.00 bits per heavy atom. The zero-order chi connectivity index (χ0) is 13.5. The monoisotopic (exact) mass is 252 g/mol. The molecule has 0 heterocycles. The first-order valence-electron chi connectivity index (χ1n) is 6.25. The zero-order valence-corrected chi connectivity index (χ0v) is 10.6. The van der Waals surface area contributed by atoms with Gasteiger partial charge in [-0.3, -0.25) is 0 Å². The maximum absolute atomic E-state index is 9.72. The van der Waals surface area contributed by atoms with E-state index in [4.69, 9.17) is 5.11 Å². The summed E-state index contributed by atoms with van der Waals surface area (Å²) >= 11 is 0. The van der Waals surface area contributed by atoms with Crippen molar-refractivity contribution in [2.75, 3.05) is 6.61 Å². The molecular weight excluding hydrogens is 236 g/mol. The minimum absolute atomic E-state index is 0.0171. The molecule has 2 nitrogen and oxygen atoms in total. The molecular formula is C17H16O2. The van der Waals surface area contributed by atoms with E-state index >= 15 is 0 Å². The highest BCUT2D eigenvalue weighted by Crippen LogP contribution is 2.16. The molecule has 0 aliphatic heterocycles. The highest BCUT2D eigenvalue weighted by molar-refractivity contribution is 5.43. The van der Waals surface area contributed by atoms with E-state index < -0.39 is 6.10 Å². The first-order valence-corrected chi connectivity index (χ1v) is 6.25. The molecule has 19 heavy (non-hydrogen) atoms. The molecule has 2 N–H and O–H groups in total. The summed E-state index contributed by atoms with van der Waals surface area (Å²) in [5, 5.41) is 18.5. The molecule has 0 bridgehead atoms. The second-order valence-electron chi connectivity index (χ2n) is 4.27. The highest BCUT2D eigenvalue weighted by Gasteiger charge is 2.05. The van der Waals surface area contributed by atoms with Crippen LogP contribution in [0.3, 0.4) is 0 Å². The Morgan fingerprint density at radius 1 is 0.842 bits per heavy atom. The molecule has 2 rings (SSSR count). The predicted octanol–water partition coefficient (Wildman–Crippen LogP) is 2.50. The summed E-state index contributed by atoms with van der Waals surface area (Å²) < 4.78 is 0. The standard InChI is InChI=1S/C17H16O2/c18-13-12-17(19)16-10-8-15(9-11-16)7-6-14-4-2-1-3-5-14/h1-5,8-11,17-19H,12-13H2/t17-/m0/s1. The fourth-order valence-corrected chi connectivity index (χ4v) is 1.74. The molecule has 0 radical (unpaired) electrons. The summed E-state index contributed by atoms with van der Waals surface area (Å²) in [7, 11) is 0. The summed E-state index contributed by atoms with van der Waals surface area (Å²) in [6.07, 6.45) is -0.254. The molecule has 0 saturated heterocycles. The average Bonchev–Trinajstić information content (AvgIpc) is 2.47. The Kier molecular flexibility index (Phi) is 4.74. The molecule has 0 amide bonds. The Bertz CT molecular complexity index is 562. The van der Waals surface area contributed by atoms with Crippen molar-refractivity contribution in [3.05, 3.63) is 71.3 Å². The van der Waals surface area contributed by atoms with Gasteiger partial charge >= 0.3 is 0 Å². The van der Waals surface area contributed by atoms with Crippen molar-refractivity contribution >= 4 is 0 Å². The molecule has 2 aromatic rings. The van der Waals surface area contributed by atoms with E-state index in [0.717, 1.165) is 16.7 Å². The third kappa shape index (κ3) is 3.96. The van der Waals surface area contributed by atoms with Gasteiger partial charge in [0, 0.05) is 24.2 Å². The van der Waals surface area contributed by atoms with Gasteiger partial charge < -0.3 is 10.2 Å². The summed E-state index contributed by atoms with van der Waals surface area (Å²) in [4.78, 5) is 0. The van der Waals surface area contributed by atoms with Gasteiger partial charge in [-0.15, -0.1) is 0 Å². The number of aliphatic hydroxyl groups excluding tert-OH is 2. The van der Waals surface area contributed by atoms with Crippen molar-refractivity contribution in [3.8, 4) is 11.8 Å². The fourth-order valence-electron chi connectivity index (χ4n) is 1.74. The summed E-state index contributed by atoms with van der Waals surface area (Å²) in [5.74, 6) is 6.16. The van der Waals surface area contributed by atoms with Crippen LogP contribution in [0.5, 0.6) is 0 Å². The SMILES string of the molecule is OCC[C@H](O)c1ccc(C#Cc2ccccc2)cc1. The van der Waals surface area contributed by atoms with Gasteiger partial charge in [-0.1, -0.05) is 42.2 Å². The number of rotatable bonds is 3. The van der Waals surface area contributed by atoms with Crippen LogP contribution in [0.1, 0.15) is 29.2 Å². The second-order valence-corrected chi connectivity index (χ2v) is 4.27. The van der Waals surface area contributed by atoms with E-state index in [1.54, 1.807) is 0 Å². The lowest BCUT2D eigenvalue weighted by Gasteiger charge is -2.08. The van der Waals surface area contributed by atoms with Crippen LogP contribution >= 0.6 is 0 Å². The lowest BCUT2D eigenvalue weighted by atomic mass is 10.0. The van der Waals surface area contributed by atoms with Gasteiger partial charge in [0.1, 0.15) is 0 Å². The van der Waals surface area contributed by atoms with Crippen LogP contribution in [-0.4, -0.2) is 16.8 Å². The zero-order valence-electron chi connectivity index (χ0n) is 10.6. The van der Waals surface area contributed by atoms with E-state index in [1.165, 1.54) is 0 Å². The van der Waals surface area contributed by atoms with Crippen LogP contribution in [0, 0.1) is 11.8 Å². The Hall–Kier alpha value is -2.08. The number of hydrogen-bond donors (Lipinski definition) is 2. The molecule has 0 fully saturated rings. The molecule has 0 unspecified atom stereocenters. The minimum atomic E-state index is -0.610. The summed E-state index contributed by atoms with van der Waals surface area (Å²) in [6, 6.07) is 17.3. The Labute approximate surface area is 113 Å². The van der Waals surface area contributed by atoms with Gasteiger partial charge in [-0.25, -0.2) is 0 Å². The first-order chi connectivity index (χ1) is 9.29. The van der Waals surface area contributed by atoms with Crippen molar-refractivity contribution in [1.82, 2.24) is 0 Å². The quantitative estimate of drug-likeness (QED) is 0.824. The van der Waals surface area contributed by atoms with E-state index in [-0.39, 0.29) is 6.61 Å². The van der Waals surface area contributed by atoms with Crippen LogP contribution in [-0.2, 0) is 0 Å². The normalized spacial score (nSPS) is 11.5. The van der Waals surface area contributed by atoms with Crippen LogP contribution in [0.25, 0.3) is 0 Å². The molecule has 0 spiro atoms. The van der Waals surface area contributed by atoms with Gasteiger partial charge in [0.25, 0.3) is 0 Å². The van der Waals surface area contributed by atoms with Crippen LogP contribution < -0.4 is 0 Å². The second kappa shape index (κ2) is 6.75. The Balaban J connectivity index is 2.09. The van der Waals surface area contributed by atoms with E-state index in [1.807, 2.05) is 54.6 Å². The molecule has 2 aromatic carbocycles. The lowest BCUT2D eigenvalue weighted by Crippen LogP contribution is -1.99. The van der Waals surface area contributed by atoms with Crippen molar-refractivity contribution < 1.29 is 10.2 Å². The smallest absolute Gasteiger partial charge is 0.0811 e. The van der Waals surface area contributed by atoms with Crippen LogP contribution in [0.2, 0.25) is 0 Å². The van der Waals surface area contributed by atoms with E-state index in [9.17, 15) is 5.11 Å².